The van der Waals surface area contributed by atoms with Crippen LogP contribution in [0.5, 0.6) is 0 Å². The highest BCUT2D eigenvalue weighted by Gasteiger charge is 2.13. The second kappa shape index (κ2) is 10.3. The van der Waals surface area contributed by atoms with E-state index in [-0.39, 0.29) is 18.2 Å². The number of benzene rings is 1. The topological polar surface area (TPSA) is 99.7 Å². The SMILES string of the molecule is C/C(CC(=O)Nc1ccc(C(C)C)cc1)=N/NC(=O)C(=O)NCC(C)C. The Bertz CT molecular complexity index is 664. The summed E-state index contributed by atoms with van der Waals surface area (Å²) in [4.78, 5) is 35.1. The molecular weight excluding hydrogens is 332 g/mol. The minimum Gasteiger partial charge on any atom is -0.348 e. The van der Waals surface area contributed by atoms with Crippen molar-refractivity contribution in [3.8, 4) is 0 Å². The van der Waals surface area contributed by atoms with E-state index in [1.807, 2.05) is 38.1 Å². The molecule has 1 aromatic rings. The smallest absolute Gasteiger partial charge is 0.329 e. The second-order valence-corrected chi connectivity index (χ2v) is 6.89. The molecule has 1 aromatic carbocycles. The summed E-state index contributed by atoms with van der Waals surface area (Å²) >= 11 is 0. The van der Waals surface area contributed by atoms with Crippen LogP contribution in [0.1, 0.15) is 52.5 Å². The van der Waals surface area contributed by atoms with Crippen molar-refractivity contribution in [1.82, 2.24) is 10.7 Å². The first-order valence-corrected chi connectivity index (χ1v) is 8.70. The van der Waals surface area contributed by atoms with Crippen molar-refractivity contribution in [1.29, 1.82) is 0 Å². The third kappa shape index (κ3) is 7.92. The quantitative estimate of drug-likeness (QED) is 0.395. The molecule has 0 fully saturated rings. The molecule has 0 aliphatic rings. The number of nitrogens with zero attached hydrogens (tertiary/aromatic N) is 1. The summed E-state index contributed by atoms with van der Waals surface area (Å²) in [7, 11) is 0. The summed E-state index contributed by atoms with van der Waals surface area (Å²) in [6, 6.07) is 7.63. The fourth-order valence-electron chi connectivity index (χ4n) is 2.00. The van der Waals surface area contributed by atoms with E-state index >= 15 is 0 Å². The molecule has 3 amide bonds. The molecule has 0 unspecified atom stereocenters. The average molecular weight is 360 g/mol. The normalized spacial score (nSPS) is 11.4. The van der Waals surface area contributed by atoms with Gasteiger partial charge >= 0.3 is 11.8 Å². The first-order chi connectivity index (χ1) is 12.2. The van der Waals surface area contributed by atoms with Crippen LogP contribution in [0.3, 0.4) is 0 Å². The molecule has 0 aromatic heterocycles. The molecule has 142 valence electrons. The highest BCUT2D eigenvalue weighted by atomic mass is 16.2. The maximum atomic E-state index is 12.0. The Morgan fingerprint density at radius 1 is 1.00 bits per heavy atom. The van der Waals surface area contributed by atoms with Crippen LogP contribution in [-0.4, -0.2) is 30.0 Å². The van der Waals surface area contributed by atoms with Crippen molar-refractivity contribution < 1.29 is 14.4 Å². The highest BCUT2D eigenvalue weighted by molar-refractivity contribution is 6.35. The van der Waals surface area contributed by atoms with Crippen LogP contribution in [0.25, 0.3) is 0 Å². The molecule has 0 saturated carbocycles. The van der Waals surface area contributed by atoms with E-state index in [4.69, 9.17) is 0 Å². The van der Waals surface area contributed by atoms with Crippen molar-refractivity contribution in [3.05, 3.63) is 29.8 Å². The average Bonchev–Trinajstić information content (AvgIpc) is 2.57. The second-order valence-electron chi connectivity index (χ2n) is 6.89. The van der Waals surface area contributed by atoms with Crippen LogP contribution in [0.15, 0.2) is 29.4 Å². The van der Waals surface area contributed by atoms with Gasteiger partial charge in [0, 0.05) is 17.9 Å². The number of amides is 3. The van der Waals surface area contributed by atoms with Gasteiger partial charge in [0.1, 0.15) is 0 Å². The van der Waals surface area contributed by atoms with Gasteiger partial charge < -0.3 is 10.6 Å². The van der Waals surface area contributed by atoms with E-state index in [0.717, 1.165) is 0 Å². The molecular formula is C19H28N4O3. The van der Waals surface area contributed by atoms with Crippen molar-refractivity contribution in [2.75, 3.05) is 11.9 Å². The molecule has 7 heteroatoms. The molecule has 0 heterocycles. The van der Waals surface area contributed by atoms with Crippen molar-refractivity contribution in [2.45, 2.75) is 47.0 Å². The van der Waals surface area contributed by atoms with Crippen LogP contribution in [0.2, 0.25) is 0 Å². The molecule has 0 bridgehead atoms. The Hall–Kier alpha value is -2.70. The first-order valence-electron chi connectivity index (χ1n) is 8.70. The lowest BCUT2D eigenvalue weighted by Gasteiger charge is -2.09. The van der Waals surface area contributed by atoms with E-state index in [9.17, 15) is 14.4 Å². The lowest BCUT2D eigenvalue weighted by Crippen LogP contribution is -2.39. The number of hydrogen-bond acceptors (Lipinski definition) is 4. The van der Waals surface area contributed by atoms with E-state index < -0.39 is 11.8 Å². The monoisotopic (exact) mass is 360 g/mol. The van der Waals surface area contributed by atoms with E-state index in [1.54, 1.807) is 6.92 Å². The third-order valence-electron chi connectivity index (χ3n) is 3.50. The van der Waals surface area contributed by atoms with Gasteiger partial charge in [-0.15, -0.1) is 0 Å². The van der Waals surface area contributed by atoms with Crippen LogP contribution in [-0.2, 0) is 14.4 Å². The van der Waals surface area contributed by atoms with Gasteiger partial charge in [-0.1, -0.05) is 39.8 Å². The fourth-order valence-corrected chi connectivity index (χ4v) is 2.00. The summed E-state index contributed by atoms with van der Waals surface area (Å²) in [6.45, 7) is 10.1. The number of carbonyl (C=O) groups is 3. The van der Waals surface area contributed by atoms with Gasteiger partial charge in [-0.3, -0.25) is 14.4 Å². The molecule has 0 aliphatic carbocycles. The Labute approximate surface area is 154 Å². The van der Waals surface area contributed by atoms with Gasteiger partial charge in [0.25, 0.3) is 0 Å². The fraction of sp³-hybridized carbons (Fsp3) is 0.474. The van der Waals surface area contributed by atoms with Crippen LogP contribution < -0.4 is 16.1 Å². The summed E-state index contributed by atoms with van der Waals surface area (Å²) in [5, 5.41) is 9.05. The zero-order valence-corrected chi connectivity index (χ0v) is 16.1. The Kier molecular flexibility index (Phi) is 8.48. The van der Waals surface area contributed by atoms with Gasteiger partial charge in [0.05, 0.1) is 6.42 Å². The number of anilines is 1. The summed E-state index contributed by atoms with van der Waals surface area (Å²) in [5.74, 6) is -1.17. The first kappa shape index (κ1) is 21.3. The van der Waals surface area contributed by atoms with Crippen molar-refractivity contribution in [3.63, 3.8) is 0 Å². The number of hydrogen-bond donors (Lipinski definition) is 3. The van der Waals surface area contributed by atoms with Gasteiger partial charge in [-0.2, -0.15) is 5.10 Å². The Balaban J connectivity index is 2.46. The predicted molar refractivity (Wildman–Crippen MR) is 103 cm³/mol. The van der Waals surface area contributed by atoms with Crippen molar-refractivity contribution >= 4 is 29.1 Å². The highest BCUT2D eigenvalue weighted by Crippen LogP contribution is 2.17. The van der Waals surface area contributed by atoms with E-state index in [2.05, 4.69) is 35.0 Å². The minimum absolute atomic E-state index is 0.0137. The van der Waals surface area contributed by atoms with Gasteiger partial charge in [0.15, 0.2) is 0 Å². The molecule has 26 heavy (non-hydrogen) atoms. The summed E-state index contributed by atoms with van der Waals surface area (Å²) in [6.07, 6.45) is 0.0137. The van der Waals surface area contributed by atoms with E-state index in [1.165, 1.54) is 5.56 Å². The number of carbonyl (C=O) groups excluding carboxylic acids is 3. The van der Waals surface area contributed by atoms with Crippen LogP contribution in [0, 0.1) is 5.92 Å². The molecule has 0 radical (unpaired) electrons. The largest absolute Gasteiger partial charge is 0.348 e. The molecule has 0 spiro atoms. The summed E-state index contributed by atoms with van der Waals surface area (Å²) in [5.41, 5.74) is 4.44. The molecule has 0 atom stereocenters. The Morgan fingerprint density at radius 2 is 1.62 bits per heavy atom. The Morgan fingerprint density at radius 3 is 2.15 bits per heavy atom. The van der Waals surface area contributed by atoms with E-state index in [0.29, 0.717) is 23.9 Å². The maximum absolute atomic E-state index is 12.0. The van der Waals surface area contributed by atoms with Gasteiger partial charge in [-0.25, -0.2) is 5.43 Å². The number of nitrogens with one attached hydrogen (secondary N) is 3. The molecule has 1 rings (SSSR count). The third-order valence-corrected chi connectivity index (χ3v) is 3.50. The van der Waals surface area contributed by atoms with Crippen LogP contribution in [0.4, 0.5) is 5.69 Å². The lowest BCUT2D eigenvalue weighted by molar-refractivity contribution is -0.139. The molecule has 7 nitrogen and oxygen atoms in total. The lowest BCUT2D eigenvalue weighted by atomic mass is 10.0. The zero-order valence-electron chi connectivity index (χ0n) is 16.1. The number of hydrazone groups is 1. The minimum atomic E-state index is -0.852. The molecule has 3 N–H and O–H groups in total. The number of rotatable bonds is 7. The van der Waals surface area contributed by atoms with Crippen LogP contribution >= 0.6 is 0 Å². The van der Waals surface area contributed by atoms with Crippen molar-refractivity contribution in [2.24, 2.45) is 11.0 Å². The summed E-state index contributed by atoms with van der Waals surface area (Å²) < 4.78 is 0. The van der Waals surface area contributed by atoms with Gasteiger partial charge in [0.2, 0.25) is 5.91 Å². The zero-order chi connectivity index (χ0) is 19.7. The van der Waals surface area contributed by atoms with Gasteiger partial charge in [-0.05, 0) is 36.5 Å². The standard InChI is InChI=1S/C19H28N4O3/c1-12(2)11-20-18(25)19(26)23-22-14(5)10-17(24)21-16-8-6-15(7-9-16)13(3)4/h6-9,12-13H,10-11H2,1-5H3,(H,20,25)(H,21,24)(H,23,26)/b22-14-. The molecule has 0 aliphatic heterocycles. The molecule has 0 saturated heterocycles. The predicted octanol–water partition coefficient (Wildman–Crippen LogP) is 2.40. The maximum Gasteiger partial charge on any atom is 0.329 e.